The second-order valence-corrected chi connectivity index (χ2v) is 9.32. The molecule has 1 N–H and O–H groups in total. The maximum atomic E-state index is 13.0. The van der Waals surface area contributed by atoms with E-state index in [4.69, 9.17) is 18.9 Å². The van der Waals surface area contributed by atoms with Crippen LogP contribution in [-0.4, -0.2) is 39.3 Å². The first-order valence-electron chi connectivity index (χ1n) is 12.6. The number of amides is 1. The van der Waals surface area contributed by atoms with Gasteiger partial charge in [0.25, 0.3) is 0 Å². The molecule has 7 heteroatoms. The molecular weight excluding hydrogens is 456 g/mol. The van der Waals surface area contributed by atoms with Crippen molar-refractivity contribution >= 4 is 22.4 Å². The number of methoxy groups -OCH3 is 4. The molecule has 1 aliphatic rings. The highest BCUT2D eigenvalue weighted by Crippen LogP contribution is 2.37. The zero-order valence-electron chi connectivity index (χ0n) is 21.7. The van der Waals surface area contributed by atoms with Crippen molar-refractivity contribution in [2.45, 2.75) is 51.4 Å². The summed E-state index contributed by atoms with van der Waals surface area (Å²) in [6.07, 6.45) is 10.1. The Kier molecular flexibility index (Phi) is 8.52. The van der Waals surface area contributed by atoms with Crippen LogP contribution in [0.4, 0.5) is 5.69 Å². The summed E-state index contributed by atoms with van der Waals surface area (Å²) in [4.78, 5) is 17.6. The Bertz CT molecular complexity index is 1200. The van der Waals surface area contributed by atoms with Gasteiger partial charge < -0.3 is 24.3 Å². The second-order valence-electron chi connectivity index (χ2n) is 9.32. The number of hydrogen-bond acceptors (Lipinski definition) is 6. The van der Waals surface area contributed by atoms with Gasteiger partial charge in [-0.3, -0.25) is 9.78 Å². The first-order chi connectivity index (χ1) is 17.6. The minimum atomic E-state index is 0.0197. The Morgan fingerprint density at radius 1 is 0.889 bits per heavy atom. The van der Waals surface area contributed by atoms with Crippen molar-refractivity contribution in [2.24, 2.45) is 5.92 Å². The molecular formula is C29H36N2O5. The third-order valence-electron chi connectivity index (χ3n) is 7.10. The number of fused-ring (bicyclic) bond motifs is 1. The highest BCUT2D eigenvalue weighted by Gasteiger charge is 2.19. The number of nitrogens with one attached hydrogen (secondary N) is 1. The van der Waals surface area contributed by atoms with E-state index in [0.717, 1.165) is 28.5 Å². The van der Waals surface area contributed by atoms with Gasteiger partial charge in [0.1, 0.15) is 0 Å². The molecule has 7 nitrogen and oxygen atoms in total. The van der Waals surface area contributed by atoms with Gasteiger partial charge in [0.05, 0.1) is 34.1 Å². The Hall–Kier alpha value is -3.48. The van der Waals surface area contributed by atoms with Crippen LogP contribution in [0.3, 0.4) is 0 Å². The predicted molar refractivity (Wildman–Crippen MR) is 142 cm³/mol. The largest absolute Gasteiger partial charge is 0.493 e. The van der Waals surface area contributed by atoms with E-state index in [1.807, 2.05) is 30.3 Å². The van der Waals surface area contributed by atoms with Crippen LogP contribution >= 0.6 is 0 Å². The maximum Gasteiger partial charge on any atom is 0.224 e. The van der Waals surface area contributed by atoms with Crippen LogP contribution in [0.15, 0.2) is 36.5 Å². The molecule has 0 atom stereocenters. The third kappa shape index (κ3) is 5.83. The van der Waals surface area contributed by atoms with Gasteiger partial charge in [0.2, 0.25) is 5.91 Å². The summed E-state index contributed by atoms with van der Waals surface area (Å²) in [7, 11) is 6.45. The number of anilines is 1. The Morgan fingerprint density at radius 2 is 1.53 bits per heavy atom. The lowest BCUT2D eigenvalue weighted by Crippen LogP contribution is -2.16. The quantitative estimate of drug-likeness (QED) is 0.365. The fraction of sp³-hybridized carbons (Fsp3) is 0.448. The van der Waals surface area contributed by atoms with Gasteiger partial charge in [-0.25, -0.2) is 0 Å². The van der Waals surface area contributed by atoms with E-state index in [9.17, 15) is 4.79 Å². The van der Waals surface area contributed by atoms with Crippen LogP contribution in [0.5, 0.6) is 23.0 Å². The summed E-state index contributed by atoms with van der Waals surface area (Å²) in [5.41, 5.74) is 2.47. The number of nitrogens with zero attached hydrogens (tertiary/aromatic N) is 1. The molecule has 2 aromatic carbocycles. The topological polar surface area (TPSA) is 78.9 Å². The van der Waals surface area contributed by atoms with Gasteiger partial charge >= 0.3 is 0 Å². The standard InChI is InChI=1S/C29H36N2O5/c1-33-25-15-20-12-13-30-24(22(20)17-27(25)35-3)14-21-16-26(34-2)28(36-4)18-23(21)31-29(32)11-10-19-8-6-5-7-9-19/h12-13,15-19H,5-11,14H2,1-4H3,(H,31,32). The maximum absolute atomic E-state index is 13.0. The summed E-state index contributed by atoms with van der Waals surface area (Å²) in [5, 5.41) is 5.09. The molecule has 0 unspecified atom stereocenters. The van der Waals surface area contributed by atoms with E-state index in [1.165, 1.54) is 32.1 Å². The zero-order valence-corrected chi connectivity index (χ0v) is 21.7. The van der Waals surface area contributed by atoms with Gasteiger partial charge in [0.15, 0.2) is 23.0 Å². The monoisotopic (exact) mass is 492 g/mol. The van der Waals surface area contributed by atoms with Crippen LogP contribution in [0.25, 0.3) is 10.8 Å². The van der Waals surface area contributed by atoms with Gasteiger partial charge in [-0.2, -0.15) is 0 Å². The lowest BCUT2D eigenvalue weighted by atomic mass is 9.86. The molecule has 1 aromatic heterocycles. The van der Waals surface area contributed by atoms with Gasteiger partial charge in [-0.05, 0) is 47.6 Å². The molecule has 0 bridgehead atoms. The van der Waals surface area contributed by atoms with Crippen LogP contribution < -0.4 is 24.3 Å². The number of carbonyl (C=O) groups excluding carboxylic acids is 1. The van der Waals surface area contributed by atoms with E-state index in [0.29, 0.717) is 47.4 Å². The molecule has 3 aromatic rings. The van der Waals surface area contributed by atoms with E-state index in [2.05, 4.69) is 10.3 Å². The number of hydrogen-bond donors (Lipinski definition) is 1. The van der Waals surface area contributed by atoms with Gasteiger partial charge in [-0.1, -0.05) is 32.1 Å². The summed E-state index contributed by atoms with van der Waals surface area (Å²) in [5.74, 6) is 3.16. The fourth-order valence-corrected chi connectivity index (χ4v) is 5.09. The van der Waals surface area contributed by atoms with Crippen LogP contribution in [-0.2, 0) is 11.2 Å². The van der Waals surface area contributed by atoms with E-state index in [-0.39, 0.29) is 5.91 Å². The summed E-state index contributed by atoms with van der Waals surface area (Å²) >= 11 is 0. The molecule has 1 amide bonds. The Balaban J connectivity index is 1.64. The third-order valence-corrected chi connectivity index (χ3v) is 7.10. The fourth-order valence-electron chi connectivity index (χ4n) is 5.09. The smallest absolute Gasteiger partial charge is 0.224 e. The van der Waals surface area contributed by atoms with Crippen LogP contribution in [0, 0.1) is 5.92 Å². The van der Waals surface area contributed by atoms with Crippen molar-refractivity contribution in [1.29, 1.82) is 0 Å². The molecule has 4 rings (SSSR count). The molecule has 1 aliphatic carbocycles. The first kappa shape index (κ1) is 25.6. The van der Waals surface area contributed by atoms with E-state index >= 15 is 0 Å². The molecule has 0 aliphatic heterocycles. The summed E-state index contributed by atoms with van der Waals surface area (Å²) in [6.45, 7) is 0. The average molecular weight is 493 g/mol. The lowest BCUT2D eigenvalue weighted by molar-refractivity contribution is -0.116. The molecule has 192 valence electrons. The number of benzene rings is 2. The summed E-state index contributed by atoms with van der Waals surface area (Å²) in [6, 6.07) is 9.59. The molecule has 1 saturated carbocycles. The van der Waals surface area contributed by atoms with Crippen LogP contribution in [0.1, 0.15) is 56.2 Å². The van der Waals surface area contributed by atoms with Gasteiger partial charge in [0, 0.05) is 36.2 Å². The average Bonchev–Trinajstić information content (AvgIpc) is 2.92. The first-order valence-corrected chi connectivity index (χ1v) is 12.6. The van der Waals surface area contributed by atoms with Crippen molar-refractivity contribution in [3.05, 3.63) is 47.8 Å². The van der Waals surface area contributed by atoms with Crippen molar-refractivity contribution in [2.75, 3.05) is 33.8 Å². The molecule has 1 fully saturated rings. The van der Waals surface area contributed by atoms with Gasteiger partial charge in [-0.15, -0.1) is 0 Å². The molecule has 0 spiro atoms. The molecule has 1 heterocycles. The molecule has 0 saturated heterocycles. The van der Waals surface area contributed by atoms with Crippen molar-refractivity contribution < 1.29 is 23.7 Å². The number of pyridine rings is 1. The SMILES string of the molecule is COc1cc(Cc2nccc3cc(OC)c(OC)cc23)c(NC(=O)CCC2CCCCC2)cc1OC. The van der Waals surface area contributed by atoms with Crippen LogP contribution in [0.2, 0.25) is 0 Å². The van der Waals surface area contributed by atoms with Crippen molar-refractivity contribution in [3.8, 4) is 23.0 Å². The highest BCUT2D eigenvalue weighted by molar-refractivity contribution is 5.93. The minimum absolute atomic E-state index is 0.0197. The molecule has 0 radical (unpaired) electrons. The van der Waals surface area contributed by atoms with Crippen molar-refractivity contribution in [3.63, 3.8) is 0 Å². The number of rotatable bonds is 10. The minimum Gasteiger partial charge on any atom is -0.493 e. The number of aromatic nitrogens is 1. The van der Waals surface area contributed by atoms with E-state index in [1.54, 1.807) is 34.6 Å². The second kappa shape index (κ2) is 12.0. The lowest BCUT2D eigenvalue weighted by Gasteiger charge is -2.21. The van der Waals surface area contributed by atoms with E-state index < -0.39 is 0 Å². The number of carbonyl (C=O) groups is 1. The predicted octanol–water partition coefficient (Wildman–Crippen LogP) is 6.16. The Morgan fingerprint density at radius 3 is 2.22 bits per heavy atom. The zero-order chi connectivity index (χ0) is 25.5. The molecule has 36 heavy (non-hydrogen) atoms. The normalized spacial score (nSPS) is 13.9. The summed E-state index contributed by atoms with van der Waals surface area (Å²) < 4.78 is 22.1. The number of ether oxygens (including phenoxy) is 4. The van der Waals surface area contributed by atoms with Crippen molar-refractivity contribution in [1.82, 2.24) is 4.98 Å². The highest BCUT2D eigenvalue weighted by atomic mass is 16.5. The Labute approximate surface area is 213 Å².